The van der Waals surface area contributed by atoms with E-state index in [1.54, 1.807) is 0 Å². The summed E-state index contributed by atoms with van der Waals surface area (Å²) in [6.45, 7) is 4.31. The third-order valence-electron chi connectivity index (χ3n) is 4.38. The maximum absolute atomic E-state index is 12.8. The minimum atomic E-state index is -0.340. The molecule has 2 N–H and O–H groups in total. The lowest BCUT2D eigenvalue weighted by molar-refractivity contribution is 0.0953. The van der Waals surface area contributed by atoms with Gasteiger partial charge in [0.15, 0.2) is 0 Å². The first-order valence-corrected chi connectivity index (χ1v) is 8.46. The second-order valence-corrected chi connectivity index (χ2v) is 6.42. The van der Waals surface area contributed by atoms with Crippen LogP contribution in [0, 0.1) is 11.7 Å². The second kappa shape index (κ2) is 7.62. The van der Waals surface area contributed by atoms with E-state index in [1.165, 1.54) is 30.7 Å². The van der Waals surface area contributed by atoms with E-state index >= 15 is 0 Å². The average Bonchev–Trinajstić information content (AvgIpc) is 3.12. The van der Waals surface area contributed by atoms with E-state index in [2.05, 4.69) is 23.6 Å². The highest BCUT2D eigenvalue weighted by molar-refractivity contribution is 5.94. The van der Waals surface area contributed by atoms with Crippen LogP contribution in [0.3, 0.4) is 0 Å². The highest BCUT2D eigenvalue weighted by Gasteiger charge is 2.36. The molecule has 1 amide bonds. The van der Waals surface area contributed by atoms with E-state index in [9.17, 15) is 9.18 Å². The smallest absolute Gasteiger partial charge is 0.251 e. The Morgan fingerprint density at radius 3 is 2.67 bits per heavy atom. The van der Waals surface area contributed by atoms with E-state index in [0.29, 0.717) is 24.6 Å². The fourth-order valence-electron chi connectivity index (χ4n) is 2.74. The van der Waals surface area contributed by atoms with E-state index in [1.807, 2.05) is 6.07 Å². The van der Waals surface area contributed by atoms with Crippen molar-refractivity contribution in [2.24, 2.45) is 5.92 Å². The Kier molecular flexibility index (Phi) is 5.30. The van der Waals surface area contributed by atoms with Gasteiger partial charge in [0.25, 0.3) is 5.91 Å². The van der Waals surface area contributed by atoms with E-state index in [-0.39, 0.29) is 11.7 Å². The first kappa shape index (κ1) is 16.7. The van der Waals surface area contributed by atoms with Gasteiger partial charge in [-0.05, 0) is 61.7 Å². The minimum Gasteiger partial charge on any atom is -0.464 e. The molecule has 1 aliphatic carbocycles. The van der Waals surface area contributed by atoms with Crippen LogP contribution in [0.15, 0.2) is 40.8 Å². The number of amides is 1. The zero-order valence-electron chi connectivity index (χ0n) is 13.8. The molecule has 5 heteroatoms. The number of rotatable bonds is 8. The monoisotopic (exact) mass is 330 g/mol. The summed E-state index contributed by atoms with van der Waals surface area (Å²) in [5, 5.41) is 6.14. The fraction of sp³-hybridized carbons (Fsp3) is 0.421. The first-order valence-electron chi connectivity index (χ1n) is 8.46. The van der Waals surface area contributed by atoms with Gasteiger partial charge in [-0.1, -0.05) is 6.92 Å². The minimum absolute atomic E-state index is 0.177. The van der Waals surface area contributed by atoms with Gasteiger partial charge in [-0.15, -0.1) is 0 Å². The van der Waals surface area contributed by atoms with E-state index in [4.69, 9.17) is 4.42 Å². The van der Waals surface area contributed by atoms with Gasteiger partial charge >= 0.3 is 0 Å². The Morgan fingerprint density at radius 2 is 1.96 bits per heavy atom. The summed E-state index contributed by atoms with van der Waals surface area (Å²) < 4.78 is 18.6. The lowest BCUT2D eigenvalue weighted by atomic mass is 10.2. The zero-order chi connectivity index (χ0) is 16.9. The summed E-state index contributed by atoms with van der Waals surface area (Å²) in [6, 6.07) is 9.65. The molecule has 128 valence electrons. The highest BCUT2D eigenvalue weighted by atomic mass is 19.1. The molecule has 0 bridgehead atoms. The summed E-state index contributed by atoms with van der Waals surface area (Å²) in [5.74, 6) is 2.91. The maximum atomic E-state index is 12.8. The van der Waals surface area contributed by atoms with Crippen LogP contribution in [-0.2, 0) is 6.54 Å². The maximum Gasteiger partial charge on any atom is 0.251 e. The molecule has 0 spiro atoms. The molecule has 2 unspecified atom stereocenters. The molecule has 24 heavy (non-hydrogen) atoms. The lowest BCUT2D eigenvalue weighted by Crippen LogP contribution is -2.27. The molecule has 1 fully saturated rings. The van der Waals surface area contributed by atoms with Crippen molar-refractivity contribution in [3.63, 3.8) is 0 Å². The largest absolute Gasteiger partial charge is 0.464 e. The number of carbonyl (C=O) groups excluding carboxylic acids is 1. The van der Waals surface area contributed by atoms with Gasteiger partial charge in [0, 0.05) is 18.0 Å². The fourth-order valence-corrected chi connectivity index (χ4v) is 2.74. The van der Waals surface area contributed by atoms with Crippen molar-refractivity contribution in [1.82, 2.24) is 10.6 Å². The Hall–Kier alpha value is -2.14. The molecule has 2 atom stereocenters. The van der Waals surface area contributed by atoms with Crippen molar-refractivity contribution < 1.29 is 13.6 Å². The highest BCUT2D eigenvalue weighted by Crippen LogP contribution is 2.47. The van der Waals surface area contributed by atoms with Crippen LogP contribution in [0.25, 0.3) is 0 Å². The number of halogens is 1. The summed E-state index contributed by atoms with van der Waals surface area (Å²) in [7, 11) is 0. The molecule has 1 heterocycles. The standard InChI is InChI=1S/C19H23FN2O2/c1-13-11-17(13)18-8-7-16(24-18)12-21-9-2-10-22-19(23)14-3-5-15(20)6-4-14/h3-8,13,17,21H,2,9-12H2,1H3,(H,22,23). The molecule has 1 aliphatic rings. The summed E-state index contributed by atoms with van der Waals surface area (Å²) >= 11 is 0. The van der Waals surface area contributed by atoms with Crippen molar-refractivity contribution in [2.75, 3.05) is 13.1 Å². The predicted molar refractivity (Wildman–Crippen MR) is 90.3 cm³/mol. The van der Waals surface area contributed by atoms with Gasteiger partial charge in [-0.2, -0.15) is 0 Å². The number of furan rings is 1. The Labute approximate surface area is 141 Å². The van der Waals surface area contributed by atoms with Crippen LogP contribution in [0.2, 0.25) is 0 Å². The summed E-state index contributed by atoms with van der Waals surface area (Å²) in [5.41, 5.74) is 0.474. The molecule has 1 saturated carbocycles. The van der Waals surface area contributed by atoms with Gasteiger partial charge in [0.2, 0.25) is 0 Å². The molecule has 1 aromatic heterocycles. The van der Waals surface area contributed by atoms with Crippen molar-refractivity contribution in [3.8, 4) is 0 Å². The third kappa shape index (κ3) is 4.45. The van der Waals surface area contributed by atoms with Crippen molar-refractivity contribution in [2.45, 2.75) is 32.2 Å². The van der Waals surface area contributed by atoms with Crippen LogP contribution in [0.4, 0.5) is 4.39 Å². The molecule has 0 saturated heterocycles. The van der Waals surface area contributed by atoms with Crippen molar-refractivity contribution >= 4 is 5.91 Å². The van der Waals surface area contributed by atoms with Crippen molar-refractivity contribution in [3.05, 3.63) is 59.3 Å². The molecule has 2 aromatic rings. The molecule has 1 aromatic carbocycles. The second-order valence-electron chi connectivity index (χ2n) is 6.42. The normalized spacial score (nSPS) is 19.2. The van der Waals surface area contributed by atoms with Crippen LogP contribution < -0.4 is 10.6 Å². The number of hydrogen-bond acceptors (Lipinski definition) is 3. The summed E-state index contributed by atoms with van der Waals surface area (Å²) in [4.78, 5) is 11.8. The SMILES string of the molecule is CC1CC1c1ccc(CNCCCNC(=O)c2ccc(F)cc2)o1. The molecule has 4 nitrogen and oxygen atoms in total. The van der Waals surface area contributed by atoms with Crippen LogP contribution in [-0.4, -0.2) is 19.0 Å². The molecule has 3 rings (SSSR count). The zero-order valence-corrected chi connectivity index (χ0v) is 13.8. The number of nitrogens with one attached hydrogen (secondary N) is 2. The van der Waals surface area contributed by atoms with Gasteiger partial charge in [0.05, 0.1) is 6.54 Å². The number of carbonyl (C=O) groups is 1. The van der Waals surface area contributed by atoms with Crippen LogP contribution in [0.5, 0.6) is 0 Å². The van der Waals surface area contributed by atoms with Gasteiger partial charge < -0.3 is 15.1 Å². The van der Waals surface area contributed by atoms with Gasteiger partial charge in [-0.25, -0.2) is 4.39 Å². The first-order chi connectivity index (χ1) is 11.6. The molecular weight excluding hydrogens is 307 g/mol. The predicted octanol–water partition coefficient (Wildman–Crippen LogP) is 3.45. The Bertz CT molecular complexity index is 681. The van der Waals surface area contributed by atoms with Crippen molar-refractivity contribution in [1.29, 1.82) is 0 Å². The average molecular weight is 330 g/mol. The molecule has 0 aliphatic heterocycles. The Morgan fingerprint density at radius 1 is 1.21 bits per heavy atom. The quantitative estimate of drug-likeness (QED) is 0.729. The van der Waals surface area contributed by atoms with E-state index < -0.39 is 0 Å². The van der Waals surface area contributed by atoms with Gasteiger partial charge in [-0.3, -0.25) is 4.79 Å². The number of hydrogen-bond donors (Lipinski definition) is 2. The Balaban J connectivity index is 1.29. The van der Waals surface area contributed by atoms with Crippen LogP contribution in [0.1, 0.15) is 47.6 Å². The summed E-state index contributed by atoms with van der Waals surface area (Å²) in [6.07, 6.45) is 2.05. The van der Waals surface area contributed by atoms with Crippen LogP contribution >= 0.6 is 0 Å². The van der Waals surface area contributed by atoms with Gasteiger partial charge in [0.1, 0.15) is 17.3 Å². The lowest BCUT2D eigenvalue weighted by Gasteiger charge is -2.06. The van der Waals surface area contributed by atoms with E-state index in [0.717, 1.165) is 30.4 Å². The third-order valence-corrected chi connectivity index (χ3v) is 4.38. The molecule has 0 radical (unpaired) electrons. The topological polar surface area (TPSA) is 54.3 Å². The number of benzene rings is 1. The molecular formula is C19H23FN2O2.